The van der Waals surface area contributed by atoms with Gasteiger partial charge in [-0.05, 0) is 41.2 Å². The summed E-state index contributed by atoms with van der Waals surface area (Å²) in [4.78, 5) is 23.3. The number of carboxylic acids is 1. The molecule has 0 aliphatic carbocycles. The summed E-state index contributed by atoms with van der Waals surface area (Å²) in [5, 5.41) is 32.0. The van der Waals surface area contributed by atoms with Gasteiger partial charge in [0.15, 0.2) is 0 Å². The van der Waals surface area contributed by atoms with Crippen LogP contribution in [-0.2, 0) is 36.3 Å². The Morgan fingerprint density at radius 2 is 1.76 bits per heavy atom. The molecule has 0 fully saturated rings. The zero-order valence-corrected chi connectivity index (χ0v) is 22.0. The average molecular weight is 568 g/mol. The first-order valence-electron chi connectivity index (χ1n) is 13.1. The standard InChI is InChI=1S/C30H28F3N3O5/c31-30(32,33)29(39,19-34-13-12-22-14-20(7-11-28(37)38)6-8-23(22)17-34)26-18-35(16-21-4-2-1-3-5-21)27-15-24(36(40)41)9-10-25(26)27/h1-6,8-10,14-15,18,39H,7,11-13,16-17,19H2,(H,37,38). The van der Waals surface area contributed by atoms with Gasteiger partial charge in [-0.2, -0.15) is 13.2 Å². The molecule has 5 rings (SSSR count). The maximum absolute atomic E-state index is 14.8. The van der Waals surface area contributed by atoms with Crippen LogP contribution in [0.3, 0.4) is 0 Å². The number of non-ortho nitro benzene ring substituents is 1. The Hall–Kier alpha value is -4.22. The van der Waals surface area contributed by atoms with Crippen LogP contribution in [-0.4, -0.2) is 49.8 Å². The second-order valence-corrected chi connectivity index (χ2v) is 10.4. The molecule has 4 aromatic rings. The molecule has 0 saturated carbocycles. The van der Waals surface area contributed by atoms with Crippen LogP contribution in [0.2, 0.25) is 0 Å². The van der Waals surface area contributed by atoms with Gasteiger partial charge in [0.1, 0.15) is 0 Å². The fraction of sp³-hybridized carbons (Fsp3) is 0.300. The van der Waals surface area contributed by atoms with Gasteiger partial charge in [0, 0.05) is 61.9 Å². The van der Waals surface area contributed by atoms with Crippen molar-refractivity contribution in [3.8, 4) is 0 Å². The van der Waals surface area contributed by atoms with Crippen LogP contribution in [0, 0.1) is 10.1 Å². The van der Waals surface area contributed by atoms with Gasteiger partial charge in [-0.25, -0.2) is 0 Å². The van der Waals surface area contributed by atoms with Crippen LogP contribution in [0.4, 0.5) is 18.9 Å². The second kappa shape index (κ2) is 11.0. The average Bonchev–Trinajstić information content (AvgIpc) is 3.29. The van der Waals surface area contributed by atoms with Crippen molar-refractivity contribution >= 4 is 22.6 Å². The molecule has 0 amide bonds. The van der Waals surface area contributed by atoms with E-state index in [1.807, 2.05) is 12.1 Å². The quantitative estimate of drug-likeness (QED) is 0.207. The molecule has 0 saturated heterocycles. The number of aryl methyl sites for hydroxylation is 1. The topological polar surface area (TPSA) is 109 Å². The van der Waals surface area contributed by atoms with Gasteiger partial charge >= 0.3 is 12.1 Å². The number of nitro benzene ring substituents is 1. The van der Waals surface area contributed by atoms with Crippen LogP contribution in [0.1, 0.15) is 34.2 Å². The van der Waals surface area contributed by atoms with Crippen molar-refractivity contribution in [2.45, 2.75) is 44.1 Å². The molecule has 3 aromatic carbocycles. The lowest BCUT2D eigenvalue weighted by molar-refractivity contribution is -0.384. The highest BCUT2D eigenvalue weighted by Crippen LogP contribution is 2.44. The van der Waals surface area contributed by atoms with E-state index in [9.17, 15) is 33.2 Å². The lowest BCUT2D eigenvalue weighted by Gasteiger charge is -2.38. The molecule has 2 N–H and O–H groups in total. The van der Waals surface area contributed by atoms with Crippen molar-refractivity contribution in [3.63, 3.8) is 0 Å². The van der Waals surface area contributed by atoms with E-state index in [1.54, 1.807) is 41.3 Å². The van der Waals surface area contributed by atoms with Crippen molar-refractivity contribution in [2.24, 2.45) is 0 Å². The molecule has 2 heterocycles. The number of hydrogen-bond acceptors (Lipinski definition) is 5. The Morgan fingerprint density at radius 3 is 2.44 bits per heavy atom. The van der Waals surface area contributed by atoms with E-state index in [4.69, 9.17) is 5.11 Å². The first kappa shape index (κ1) is 28.3. The molecule has 1 aliphatic heterocycles. The predicted molar refractivity (Wildman–Crippen MR) is 145 cm³/mol. The van der Waals surface area contributed by atoms with E-state index in [2.05, 4.69) is 0 Å². The highest BCUT2D eigenvalue weighted by molar-refractivity contribution is 5.87. The summed E-state index contributed by atoms with van der Waals surface area (Å²) in [5.41, 5.74) is -0.238. The Morgan fingerprint density at radius 1 is 1.00 bits per heavy atom. The molecule has 0 spiro atoms. The Kier molecular flexibility index (Phi) is 7.58. The SMILES string of the molecule is O=C(O)CCc1ccc2c(c1)CCN(CC(O)(c1cn(Cc3ccccc3)c3cc([N+](=O)[O-])ccc13)C(F)(F)F)C2. The molecule has 1 aliphatic rings. The maximum Gasteiger partial charge on any atom is 0.422 e. The summed E-state index contributed by atoms with van der Waals surface area (Å²) in [5.74, 6) is -0.903. The third-order valence-electron chi connectivity index (χ3n) is 7.63. The third-order valence-corrected chi connectivity index (χ3v) is 7.63. The number of hydrogen-bond donors (Lipinski definition) is 2. The number of alkyl halides is 3. The third kappa shape index (κ3) is 5.82. The molecule has 1 unspecified atom stereocenters. The van der Waals surface area contributed by atoms with Crippen molar-refractivity contribution < 1.29 is 33.1 Å². The van der Waals surface area contributed by atoms with Crippen molar-refractivity contribution in [2.75, 3.05) is 13.1 Å². The summed E-state index contributed by atoms with van der Waals surface area (Å²) in [6.07, 6.45) is -2.98. The van der Waals surface area contributed by atoms with Crippen molar-refractivity contribution in [3.05, 3.63) is 111 Å². The van der Waals surface area contributed by atoms with Gasteiger partial charge < -0.3 is 14.8 Å². The number of halogens is 3. The van der Waals surface area contributed by atoms with E-state index in [0.717, 1.165) is 28.3 Å². The fourth-order valence-corrected chi connectivity index (χ4v) is 5.49. The summed E-state index contributed by atoms with van der Waals surface area (Å²) in [7, 11) is 0. The zero-order chi connectivity index (χ0) is 29.4. The van der Waals surface area contributed by atoms with Crippen LogP contribution < -0.4 is 0 Å². The van der Waals surface area contributed by atoms with Gasteiger partial charge in [-0.15, -0.1) is 0 Å². The van der Waals surface area contributed by atoms with Crippen LogP contribution in [0.25, 0.3) is 10.9 Å². The maximum atomic E-state index is 14.8. The van der Waals surface area contributed by atoms with Gasteiger partial charge in [-0.1, -0.05) is 48.5 Å². The molecule has 214 valence electrons. The zero-order valence-electron chi connectivity index (χ0n) is 22.0. The number of carboxylic acid groups (broad SMARTS) is 1. The van der Waals surface area contributed by atoms with Gasteiger partial charge in [0.2, 0.25) is 5.60 Å². The van der Waals surface area contributed by atoms with Gasteiger partial charge in [0.25, 0.3) is 5.69 Å². The summed E-state index contributed by atoms with van der Waals surface area (Å²) >= 11 is 0. The molecule has 0 bridgehead atoms. The molecule has 1 aromatic heterocycles. The first-order valence-corrected chi connectivity index (χ1v) is 13.1. The summed E-state index contributed by atoms with van der Waals surface area (Å²) in [6.45, 7) is -0.116. The minimum absolute atomic E-state index is 0.00936. The largest absolute Gasteiger partial charge is 0.481 e. The molecule has 11 heteroatoms. The molecule has 1 atom stereocenters. The predicted octanol–water partition coefficient (Wildman–Crippen LogP) is 5.42. The fourth-order valence-electron chi connectivity index (χ4n) is 5.49. The van der Waals surface area contributed by atoms with Gasteiger partial charge in [-0.3, -0.25) is 19.8 Å². The first-order chi connectivity index (χ1) is 19.4. The number of aliphatic hydroxyl groups is 1. The second-order valence-electron chi connectivity index (χ2n) is 10.4. The van der Waals surface area contributed by atoms with E-state index in [1.165, 1.54) is 22.9 Å². The smallest absolute Gasteiger partial charge is 0.422 e. The van der Waals surface area contributed by atoms with Crippen molar-refractivity contribution in [1.29, 1.82) is 0 Å². The van der Waals surface area contributed by atoms with Crippen LogP contribution >= 0.6 is 0 Å². The van der Waals surface area contributed by atoms with E-state index in [0.29, 0.717) is 12.8 Å². The minimum atomic E-state index is -5.04. The number of rotatable bonds is 9. The summed E-state index contributed by atoms with van der Waals surface area (Å²) in [6, 6.07) is 18.1. The monoisotopic (exact) mass is 567 g/mol. The normalized spacial score (nSPS) is 15.4. The Balaban J connectivity index is 1.50. The number of fused-ring (bicyclic) bond motifs is 2. The van der Waals surface area contributed by atoms with Crippen molar-refractivity contribution in [1.82, 2.24) is 9.47 Å². The number of nitrogens with zero attached hydrogens (tertiary/aromatic N) is 3. The Bertz CT molecular complexity index is 1600. The summed E-state index contributed by atoms with van der Waals surface area (Å²) < 4.78 is 45.8. The van der Waals surface area contributed by atoms with E-state index >= 15 is 0 Å². The van der Waals surface area contributed by atoms with Gasteiger partial charge in [0.05, 0.1) is 10.4 Å². The minimum Gasteiger partial charge on any atom is -0.481 e. The van der Waals surface area contributed by atoms with Crippen LogP contribution in [0.15, 0.2) is 72.9 Å². The number of carbonyl (C=O) groups is 1. The molecular formula is C30H28F3N3O5. The number of nitro groups is 1. The van der Waals surface area contributed by atoms with E-state index < -0.39 is 29.2 Å². The lowest BCUT2D eigenvalue weighted by Crippen LogP contribution is -2.52. The number of β-amino-alcohol motifs (C(OH)–C–C–N with tert-alkyl or cyclic N) is 1. The molecule has 0 radical (unpaired) electrons. The Labute approximate surface area is 233 Å². The molecule has 41 heavy (non-hydrogen) atoms. The number of aromatic nitrogens is 1. The number of aliphatic carboxylic acids is 1. The molecular weight excluding hydrogens is 539 g/mol. The van der Waals surface area contributed by atoms with E-state index in [-0.39, 0.29) is 48.2 Å². The number of benzene rings is 3. The lowest BCUT2D eigenvalue weighted by atomic mass is 9.90. The molecule has 8 nitrogen and oxygen atoms in total. The highest BCUT2D eigenvalue weighted by Gasteiger charge is 2.57. The van der Waals surface area contributed by atoms with Crippen LogP contribution in [0.5, 0.6) is 0 Å². The highest BCUT2D eigenvalue weighted by atomic mass is 19.4.